The molecule has 0 aliphatic heterocycles. The Morgan fingerprint density at radius 3 is 2.75 bits per heavy atom. The SMILES string of the molecule is CCCc1nccn1CC(NC)c1ccc(C)cc1C. The zero-order valence-electron chi connectivity index (χ0n) is 13.0. The van der Waals surface area contributed by atoms with Gasteiger partial charge < -0.3 is 9.88 Å². The summed E-state index contributed by atoms with van der Waals surface area (Å²) in [5.41, 5.74) is 4.03. The summed E-state index contributed by atoms with van der Waals surface area (Å²) in [6.07, 6.45) is 6.15. The van der Waals surface area contributed by atoms with Crippen molar-refractivity contribution in [2.24, 2.45) is 0 Å². The molecule has 0 spiro atoms. The number of benzene rings is 1. The molecule has 1 atom stereocenters. The molecular weight excluding hydrogens is 246 g/mol. The lowest BCUT2D eigenvalue weighted by Gasteiger charge is -2.21. The Morgan fingerprint density at radius 2 is 2.10 bits per heavy atom. The van der Waals surface area contributed by atoms with Crippen LogP contribution in [0.5, 0.6) is 0 Å². The minimum absolute atomic E-state index is 0.320. The topological polar surface area (TPSA) is 29.9 Å². The second-order valence-electron chi connectivity index (χ2n) is 5.45. The Bertz CT molecular complexity index is 557. The van der Waals surface area contributed by atoms with Gasteiger partial charge in [0.1, 0.15) is 5.82 Å². The fraction of sp³-hybridized carbons (Fsp3) is 0.471. The maximum atomic E-state index is 4.46. The van der Waals surface area contributed by atoms with Crippen LogP contribution in [0.1, 0.15) is 41.9 Å². The molecule has 1 aromatic carbocycles. The first-order valence-corrected chi connectivity index (χ1v) is 7.40. The average molecular weight is 271 g/mol. The molecule has 1 N–H and O–H groups in total. The van der Waals surface area contributed by atoms with Gasteiger partial charge in [-0.2, -0.15) is 0 Å². The van der Waals surface area contributed by atoms with Crippen LogP contribution in [0.3, 0.4) is 0 Å². The van der Waals surface area contributed by atoms with Crippen LogP contribution in [0.15, 0.2) is 30.6 Å². The monoisotopic (exact) mass is 271 g/mol. The largest absolute Gasteiger partial charge is 0.333 e. The van der Waals surface area contributed by atoms with Gasteiger partial charge in [0.25, 0.3) is 0 Å². The van der Waals surface area contributed by atoms with E-state index in [1.165, 1.54) is 22.5 Å². The van der Waals surface area contributed by atoms with Crippen molar-refractivity contribution in [2.45, 2.75) is 46.2 Å². The Labute approximate surface area is 122 Å². The smallest absolute Gasteiger partial charge is 0.108 e. The molecule has 0 fully saturated rings. The van der Waals surface area contributed by atoms with Gasteiger partial charge in [-0.3, -0.25) is 0 Å². The maximum absolute atomic E-state index is 4.46. The summed E-state index contributed by atoms with van der Waals surface area (Å²) < 4.78 is 2.27. The Kier molecular flexibility index (Phi) is 4.96. The van der Waals surface area contributed by atoms with Gasteiger partial charge in [0.05, 0.1) is 6.04 Å². The number of aromatic nitrogens is 2. The number of nitrogens with zero attached hydrogens (tertiary/aromatic N) is 2. The number of nitrogens with one attached hydrogen (secondary N) is 1. The fourth-order valence-corrected chi connectivity index (χ4v) is 2.72. The van der Waals surface area contributed by atoms with Gasteiger partial charge in [-0.15, -0.1) is 0 Å². The van der Waals surface area contributed by atoms with Crippen LogP contribution in [0.25, 0.3) is 0 Å². The maximum Gasteiger partial charge on any atom is 0.108 e. The Balaban J connectivity index is 2.22. The molecule has 2 rings (SSSR count). The predicted octanol–water partition coefficient (Wildman–Crippen LogP) is 3.41. The number of hydrogen-bond acceptors (Lipinski definition) is 2. The Morgan fingerprint density at radius 1 is 1.30 bits per heavy atom. The van der Waals surface area contributed by atoms with E-state index in [0.29, 0.717) is 6.04 Å². The minimum Gasteiger partial charge on any atom is -0.333 e. The normalized spacial score (nSPS) is 12.6. The number of imidazole rings is 1. The van der Waals surface area contributed by atoms with Crippen LogP contribution < -0.4 is 5.32 Å². The number of hydrogen-bond donors (Lipinski definition) is 1. The van der Waals surface area contributed by atoms with E-state index in [1.54, 1.807) is 0 Å². The molecule has 3 heteroatoms. The molecule has 0 amide bonds. The van der Waals surface area contributed by atoms with Gasteiger partial charge >= 0.3 is 0 Å². The van der Waals surface area contributed by atoms with Crippen molar-refractivity contribution in [3.05, 3.63) is 53.1 Å². The number of likely N-dealkylation sites (N-methyl/N-ethyl adjacent to an activating group) is 1. The minimum atomic E-state index is 0.320. The summed E-state index contributed by atoms with van der Waals surface area (Å²) in [7, 11) is 2.03. The third-order valence-corrected chi connectivity index (χ3v) is 3.80. The van der Waals surface area contributed by atoms with E-state index < -0.39 is 0 Å². The predicted molar refractivity (Wildman–Crippen MR) is 83.9 cm³/mol. The third-order valence-electron chi connectivity index (χ3n) is 3.80. The van der Waals surface area contributed by atoms with Crippen molar-refractivity contribution in [3.63, 3.8) is 0 Å². The molecule has 0 saturated carbocycles. The van der Waals surface area contributed by atoms with Gasteiger partial charge in [-0.05, 0) is 38.4 Å². The van der Waals surface area contributed by atoms with E-state index in [4.69, 9.17) is 0 Å². The van der Waals surface area contributed by atoms with Crippen LogP contribution in [0.2, 0.25) is 0 Å². The summed E-state index contributed by atoms with van der Waals surface area (Å²) >= 11 is 0. The van der Waals surface area contributed by atoms with Crippen molar-refractivity contribution in [3.8, 4) is 0 Å². The summed E-state index contributed by atoms with van der Waals surface area (Å²) in [6, 6.07) is 7.00. The van der Waals surface area contributed by atoms with Crippen LogP contribution >= 0.6 is 0 Å². The molecule has 0 aliphatic carbocycles. The third kappa shape index (κ3) is 3.28. The first kappa shape index (κ1) is 14.8. The zero-order valence-corrected chi connectivity index (χ0v) is 13.0. The highest BCUT2D eigenvalue weighted by Crippen LogP contribution is 2.21. The molecule has 1 aromatic heterocycles. The number of aryl methyl sites for hydroxylation is 3. The van der Waals surface area contributed by atoms with Crippen LogP contribution in [-0.4, -0.2) is 16.6 Å². The van der Waals surface area contributed by atoms with E-state index in [2.05, 4.69) is 60.0 Å². The first-order valence-electron chi connectivity index (χ1n) is 7.40. The van der Waals surface area contributed by atoms with Gasteiger partial charge in [0.2, 0.25) is 0 Å². The summed E-state index contributed by atoms with van der Waals surface area (Å²) in [6.45, 7) is 7.45. The highest BCUT2D eigenvalue weighted by atomic mass is 15.1. The van der Waals surface area contributed by atoms with Gasteiger partial charge in [0.15, 0.2) is 0 Å². The van der Waals surface area contributed by atoms with Crippen molar-refractivity contribution in [1.82, 2.24) is 14.9 Å². The lowest BCUT2D eigenvalue weighted by Crippen LogP contribution is -2.23. The van der Waals surface area contributed by atoms with Crippen molar-refractivity contribution >= 4 is 0 Å². The van der Waals surface area contributed by atoms with Crippen LogP contribution in [0, 0.1) is 13.8 Å². The van der Waals surface area contributed by atoms with E-state index in [0.717, 1.165) is 19.4 Å². The van der Waals surface area contributed by atoms with Crippen molar-refractivity contribution in [2.75, 3.05) is 7.05 Å². The summed E-state index contributed by atoms with van der Waals surface area (Å²) in [5.74, 6) is 1.18. The molecule has 2 aromatic rings. The van der Waals surface area contributed by atoms with Gasteiger partial charge in [0, 0.05) is 25.4 Å². The second kappa shape index (κ2) is 6.71. The molecule has 0 aliphatic rings. The van der Waals surface area contributed by atoms with Crippen molar-refractivity contribution < 1.29 is 0 Å². The molecule has 3 nitrogen and oxygen atoms in total. The van der Waals surface area contributed by atoms with E-state index in [9.17, 15) is 0 Å². The lowest BCUT2D eigenvalue weighted by atomic mass is 9.99. The van der Waals surface area contributed by atoms with Crippen molar-refractivity contribution in [1.29, 1.82) is 0 Å². The summed E-state index contributed by atoms with van der Waals surface area (Å²) in [5, 5.41) is 3.44. The molecule has 20 heavy (non-hydrogen) atoms. The summed E-state index contributed by atoms with van der Waals surface area (Å²) in [4.78, 5) is 4.46. The number of rotatable bonds is 6. The standard InChI is InChI=1S/C17H25N3/c1-5-6-17-19-9-10-20(17)12-16(18-4)15-8-7-13(2)11-14(15)3/h7-11,16,18H,5-6,12H2,1-4H3. The highest BCUT2D eigenvalue weighted by Gasteiger charge is 2.14. The molecule has 0 radical (unpaired) electrons. The molecule has 108 valence electrons. The van der Waals surface area contributed by atoms with E-state index >= 15 is 0 Å². The highest BCUT2D eigenvalue weighted by molar-refractivity contribution is 5.32. The van der Waals surface area contributed by atoms with Crippen LogP contribution in [0.4, 0.5) is 0 Å². The van der Waals surface area contributed by atoms with E-state index in [-0.39, 0.29) is 0 Å². The van der Waals surface area contributed by atoms with Crippen LogP contribution in [-0.2, 0) is 13.0 Å². The van der Waals surface area contributed by atoms with Gasteiger partial charge in [-0.1, -0.05) is 30.7 Å². The Hall–Kier alpha value is -1.61. The second-order valence-corrected chi connectivity index (χ2v) is 5.45. The zero-order chi connectivity index (χ0) is 14.5. The molecule has 1 unspecified atom stereocenters. The molecular formula is C17H25N3. The van der Waals surface area contributed by atoms with Gasteiger partial charge in [-0.25, -0.2) is 4.98 Å². The average Bonchev–Trinajstić information content (AvgIpc) is 2.84. The van der Waals surface area contributed by atoms with E-state index in [1.807, 2.05) is 13.2 Å². The molecule has 1 heterocycles. The first-order chi connectivity index (χ1) is 9.65. The molecule has 0 saturated heterocycles. The lowest BCUT2D eigenvalue weighted by molar-refractivity contribution is 0.485. The molecule has 0 bridgehead atoms. The fourth-order valence-electron chi connectivity index (χ4n) is 2.72. The quantitative estimate of drug-likeness (QED) is 0.872.